The van der Waals surface area contributed by atoms with Crippen LogP contribution in [0.15, 0.2) is 24.5 Å². The third-order valence-electron chi connectivity index (χ3n) is 5.35. The number of pyridine rings is 1. The van der Waals surface area contributed by atoms with E-state index in [0.717, 1.165) is 19.4 Å². The Hall–Kier alpha value is -0.930. The van der Waals surface area contributed by atoms with Crippen LogP contribution in [-0.4, -0.2) is 40.2 Å². The summed E-state index contributed by atoms with van der Waals surface area (Å²) in [6.07, 6.45) is 13.5. The van der Waals surface area contributed by atoms with Crippen molar-refractivity contribution in [3.05, 3.63) is 30.1 Å². The number of piperidine rings is 1. The molecule has 3 nitrogen and oxygen atoms in total. The lowest BCUT2D eigenvalue weighted by Gasteiger charge is -2.43. The summed E-state index contributed by atoms with van der Waals surface area (Å²) in [5, 5.41) is 10.4. The van der Waals surface area contributed by atoms with Crippen LogP contribution in [0.5, 0.6) is 0 Å². The van der Waals surface area contributed by atoms with Gasteiger partial charge in [-0.25, -0.2) is 0 Å². The van der Waals surface area contributed by atoms with Gasteiger partial charge < -0.3 is 5.11 Å². The van der Waals surface area contributed by atoms with Gasteiger partial charge in [0, 0.05) is 30.9 Å². The Kier molecular flexibility index (Phi) is 5.26. The van der Waals surface area contributed by atoms with Crippen LogP contribution in [0.1, 0.15) is 50.5 Å². The largest absolute Gasteiger partial charge is 0.393 e. The summed E-state index contributed by atoms with van der Waals surface area (Å²) < 4.78 is 0. The average molecular weight is 288 g/mol. The van der Waals surface area contributed by atoms with Gasteiger partial charge in [0.05, 0.1) is 6.10 Å². The van der Waals surface area contributed by atoms with Crippen molar-refractivity contribution < 1.29 is 5.11 Å². The van der Waals surface area contributed by atoms with Gasteiger partial charge in [0.1, 0.15) is 0 Å². The van der Waals surface area contributed by atoms with Gasteiger partial charge in [0.15, 0.2) is 0 Å². The van der Waals surface area contributed by atoms with Crippen molar-refractivity contribution in [1.82, 2.24) is 9.88 Å². The monoisotopic (exact) mass is 288 g/mol. The molecule has 0 radical (unpaired) electrons. The summed E-state index contributed by atoms with van der Waals surface area (Å²) in [4.78, 5) is 6.86. The zero-order valence-corrected chi connectivity index (χ0v) is 13.0. The number of rotatable bonds is 4. The Labute approximate surface area is 128 Å². The number of nitrogens with zero attached hydrogens (tertiary/aromatic N) is 2. The molecule has 0 bridgehead atoms. The molecule has 1 aliphatic heterocycles. The zero-order valence-electron chi connectivity index (χ0n) is 13.0. The third kappa shape index (κ3) is 3.83. The van der Waals surface area contributed by atoms with E-state index in [1.165, 1.54) is 50.6 Å². The second-order valence-corrected chi connectivity index (χ2v) is 6.73. The fourth-order valence-corrected chi connectivity index (χ4v) is 4.19. The number of aliphatic hydroxyl groups excluding tert-OH is 1. The Bertz CT molecular complexity index is 422. The number of hydrogen-bond donors (Lipinski definition) is 1. The predicted molar refractivity (Wildman–Crippen MR) is 85.1 cm³/mol. The maximum Gasteiger partial charge on any atom is 0.0583 e. The van der Waals surface area contributed by atoms with Gasteiger partial charge in [-0.1, -0.05) is 25.3 Å². The highest BCUT2D eigenvalue weighted by molar-refractivity contribution is 5.09. The van der Waals surface area contributed by atoms with Crippen LogP contribution in [-0.2, 0) is 6.42 Å². The van der Waals surface area contributed by atoms with Gasteiger partial charge in [-0.2, -0.15) is 0 Å². The molecule has 1 aliphatic carbocycles. The molecule has 3 heteroatoms. The number of hydrogen-bond acceptors (Lipinski definition) is 3. The maximum absolute atomic E-state index is 10.4. The normalized spacial score (nSPS) is 31.2. The fourth-order valence-electron chi connectivity index (χ4n) is 4.19. The summed E-state index contributed by atoms with van der Waals surface area (Å²) in [6, 6.07) is 4.79. The van der Waals surface area contributed by atoms with Crippen molar-refractivity contribution in [3.63, 3.8) is 0 Å². The highest BCUT2D eigenvalue weighted by atomic mass is 16.3. The molecular formula is C18H28N2O. The molecule has 0 amide bonds. The molecule has 2 fully saturated rings. The summed E-state index contributed by atoms with van der Waals surface area (Å²) >= 11 is 0. The van der Waals surface area contributed by atoms with Crippen molar-refractivity contribution in [2.75, 3.05) is 13.1 Å². The standard InChI is InChI=1S/C18H28N2O/c21-18-9-2-1-7-16(18)17-8-3-4-12-20(17)13-10-15-6-5-11-19-14-15/h5-6,11,14,16-18,21H,1-4,7-10,12-13H2. The molecule has 116 valence electrons. The topological polar surface area (TPSA) is 36.4 Å². The maximum atomic E-state index is 10.4. The van der Waals surface area contributed by atoms with Crippen LogP contribution in [0.25, 0.3) is 0 Å². The first-order chi connectivity index (χ1) is 10.3. The Morgan fingerprint density at radius 2 is 2.00 bits per heavy atom. The molecule has 3 atom stereocenters. The van der Waals surface area contributed by atoms with Gasteiger partial charge in [-0.15, -0.1) is 0 Å². The minimum atomic E-state index is -0.0669. The predicted octanol–water partition coefficient (Wildman–Crippen LogP) is 3.03. The first-order valence-corrected chi connectivity index (χ1v) is 8.65. The van der Waals surface area contributed by atoms with Crippen molar-refractivity contribution in [1.29, 1.82) is 0 Å². The Morgan fingerprint density at radius 3 is 2.81 bits per heavy atom. The van der Waals surface area contributed by atoms with Crippen molar-refractivity contribution in [2.24, 2.45) is 5.92 Å². The highest BCUT2D eigenvalue weighted by Gasteiger charge is 2.35. The van der Waals surface area contributed by atoms with Crippen LogP contribution >= 0.6 is 0 Å². The molecule has 21 heavy (non-hydrogen) atoms. The van der Waals surface area contributed by atoms with Crippen LogP contribution in [0.2, 0.25) is 0 Å². The molecule has 2 heterocycles. The minimum Gasteiger partial charge on any atom is -0.393 e. The second kappa shape index (κ2) is 7.37. The van der Waals surface area contributed by atoms with E-state index in [1.807, 2.05) is 18.5 Å². The van der Waals surface area contributed by atoms with Crippen molar-refractivity contribution in [2.45, 2.75) is 63.5 Å². The minimum absolute atomic E-state index is 0.0669. The summed E-state index contributed by atoms with van der Waals surface area (Å²) in [7, 11) is 0. The van der Waals surface area contributed by atoms with E-state index in [9.17, 15) is 5.11 Å². The molecule has 1 N–H and O–H groups in total. The molecule has 0 aromatic carbocycles. The molecule has 3 rings (SSSR count). The first-order valence-electron chi connectivity index (χ1n) is 8.65. The molecule has 1 saturated heterocycles. The van der Waals surface area contributed by atoms with Gasteiger partial charge in [-0.05, 0) is 50.3 Å². The first kappa shape index (κ1) is 15.0. The molecule has 1 aromatic heterocycles. The van der Waals surface area contributed by atoms with E-state index in [4.69, 9.17) is 0 Å². The van der Waals surface area contributed by atoms with E-state index in [2.05, 4.69) is 16.0 Å². The summed E-state index contributed by atoms with van der Waals surface area (Å²) in [5.41, 5.74) is 1.33. The lowest BCUT2D eigenvalue weighted by Crippen LogP contribution is -2.49. The molecule has 2 aliphatic rings. The summed E-state index contributed by atoms with van der Waals surface area (Å²) in [6.45, 7) is 2.31. The van der Waals surface area contributed by atoms with Gasteiger partial charge in [0.2, 0.25) is 0 Å². The number of aromatic nitrogens is 1. The lowest BCUT2D eigenvalue weighted by molar-refractivity contribution is -0.00509. The second-order valence-electron chi connectivity index (χ2n) is 6.73. The SMILES string of the molecule is OC1CCCCC1C1CCCCN1CCc1cccnc1. The number of likely N-dealkylation sites (tertiary alicyclic amines) is 1. The average Bonchev–Trinajstić information content (AvgIpc) is 2.55. The smallest absolute Gasteiger partial charge is 0.0583 e. The number of aliphatic hydroxyl groups is 1. The molecule has 1 saturated carbocycles. The van der Waals surface area contributed by atoms with E-state index < -0.39 is 0 Å². The van der Waals surface area contributed by atoms with E-state index in [-0.39, 0.29) is 6.10 Å². The van der Waals surface area contributed by atoms with Gasteiger partial charge in [-0.3, -0.25) is 9.88 Å². The molecule has 3 unspecified atom stereocenters. The highest BCUT2D eigenvalue weighted by Crippen LogP contribution is 2.34. The summed E-state index contributed by atoms with van der Waals surface area (Å²) in [5.74, 6) is 0.507. The zero-order chi connectivity index (χ0) is 14.5. The van der Waals surface area contributed by atoms with Crippen LogP contribution in [0, 0.1) is 5.92 Å². The fraction of sp³-hybridized carbons (Fsp3) is 0.722. The van der Waals surface area contributed by atoms with Gasteiger partial charge >= 0.3 is 0 Å². The molecule has 0 spiro atoms. The molecular weight excluding hydrogens is 260 g/mol. The third-order valence-corrected chi connectivity index (χ3v) is 5.35. The quantitative estimate of drug-likeness (QED) is 0.925. The van der Waals surface area contributed by atoms with E-state index in [0.29, 0.717) is 12.0 Å². The lowest BCUT2D eigenvalue weighted by atomic mass is 9.78. The van der Waals surface area contributed by atoms with Crippen LogP contribution in [0.3, 0.4) is 0 Å². The van der Waals surface area contributed by atoms with Crippen molar-refractivity contribution in [3.8, 4) is 0 Å². The van der Waals surface area contributed by atoms with Gasteiger partial charge in [0.25, 0.3) is 0 Å². The van der Waals surface area contributed by atoms with Crippen LogP contribution < -0.4 is 0 Å². The van der Waals surface area contributed by atoms with E-state index >= 15 is 0 Å². The Morgan fingerprint density at radius 1 is 1.14 bits per heavy atom. The Balaban J connectivity index is 1.61. The van der Waals surface area contributed by atoms with Crippen LogP contribution in [0.4, 0.5) is 0 Å². The molecule has 1 aromatic rings. The van der Waals surface area contributed by atoms with E-state index in [1.54, 1.807) is 0 Å². The van der Waals surface area contributed by atoms with Crippen molar-refractivity contribution >= 4 is 0 Å².